The minimum Gasteiger partial charge on any atom is -0.481 e. The van der Waals surface area contributed by atoms with Crippen molar-refractivity contribution in [2.45, 2.75) is 32.1 Å². The maximum absolute atomic E-state index is 12.1. The molecule has 0 aliphatic heterocycles. The zero-order valence-electron chi connectivity index (χ0n) is 12.1. The molecule has 0 atom stereocenters. The lowest BCUT2D eigenvalue weighted by atomic mass is 9.86. The Balaban J connectivity index is 1.88. The van der Waals surface area contributed by atoms with Crippen LogP contribution in [0.25, 0.3) is 0 Å². The number of carboxylic acids is 1. The second-order valence-corrected chi connectivity index (χ2v) is 5.67. The molecule has 2 N–H and O–H groups in total. The van der Waals surface area contributed by atoms with E-state index in [1.54, 1.807) is 24.3 Å². The van der Waals surface area contributed by atoms with E-state index in [2.05, 4.69) is 11.9 Å². The number of carboxylic acid groups (broad SMARTS) is 1. The van der Waals surface area contributed by atoms with Crippen LogP contribution in [0.5, 0.6) is 0 Å². The highest BCUT2D eigenvalue weighted by Crippen LogP contribution is 2.26. The van der Waals surface area contributed by atoms with E-state index in [0.29, 0.717) is 23.6 Å². The van der Waals surface area contributed by atoms with Gasteiger partial charge in [0.25, 0.3) is 5.91 Å². The summed E-state index contributed by atoms with van der Waals surface area (Å²) in [6, 6.07) is 6.80. The predicted octanol–water partition coefficient (Wildman–Crippen LogP) is 2.79. The monoisotopic (exact) mass is 287 g/mol. The van der Waals surface area contributed by atoms with E-state index in [1.165, 1.54) is 5.57 Å². The summed E-state index contributed by atoms with van der Waals surface area (Å²) in [6.07, 6.45) is 4.20. The van der Waals surface area contributed by atoms with Gasteiger partial charge in [0.2, 0.25) is 0 Å². The van der Waals surface area contributed by atoms with Crippen LogP contribution in [0.1, 0.15) is 41.6 Å². The first-order chi connectivity index (χ1) is 10.0. The number of amides is 1. The number of benzene rings is 1. The average Bonchev–Trinajstić information content (AvgIpc) is 2.46. The van der Waals surface area contributed by atoms with Crippen LogP contribution in [0.15, 0.2) is 36.4 Å². The molecule has 0 unspecified atom stereocenters. The smallest absolute Gasteiger partial charge is 0.307 e. The minimum atomic E-state index is -0.894. The molecular formula is C17H21NO3. The van der Waals surface area contributed by atoms with Gasteiger partial charge in [0.15, 0.2) is 0 Å². The molecule has 4 heteroatoms. The summed E-state index contributed by atoms with van der Waals surface area (Å²) in [7, 11) is 0. The number of rotatable bonds is 5. The third-order valence-corrected chi connectivity index (χ3v) is 3.91. The van der Waals surface area contributed by atoms with Gasteiger partial charge in [-0.2, -0.15) is 0 Å². The highest BCUT2D eigenvalue weighted by Gasteiger charge is 2.16. The molecular weight excluding hydrogens is 266 g/mol. The fourth-order valence-corrected chi connectivity index (χ4v) is 2.63. The molecule has 4 nitrogen and oxygen atoms in total. The first kappa shape index (κ1) is 15.3. The lowest BCUT2D eigenvalue weighted by Gasteiger charge is -2.23. The zero-order valence-corrected chi connectivity index (χ0v) is 12.1. The molecule has 112 valence electrons. The van der Waals surface area contributed by atoms with Crippen LogP contribution in [0.4, 0.5) is 0 Å². The van der Waals surface area contributed by atoms with E-state index in [0.717, 1.165) is 25.7 Å². The van der Waals surface area contributed by atoms with Gasteiger partial charge in [0.05, 0.1) is 6.42 Å². The Bertz CT molecular complexity index is 541. The quantitative estimate of drug-likeness (QED) is 0.818. The summed E-state index contributed by atoms with van der Waals surface area (Å²) in [5, 5.41) is 11.7. The van der Waals surface area contributed by atoms with Crippen LogP contribution in [0.2, 0.25) is 0 Å². The van der Waals surface area contributed by atoms with Gasteiger partial charge in [-0.1, -0.05) is 24.3 Å². The average molecular weight is 287 g/mol. The summed E-state index contributed by atoms with van der Waals surface area (Å²) in [5.41, 5.74) is 2.47. The van der Waals surface area contributed by atoms with Crippen LogP contribution >= 0.6 is 0 Å². The molecule has 0 spiro atoms. The molecule has 0 heterocycles. The van der Waals surface area contributed by atoms with Crippen LogP contribution < -0.4 is 5.32 Å². The fraction of sp³-hybridized carbons (Fsp3) is 0.412. The van der Waals surface area contributed by atoms with E-state index < -0.39 is 5.97 Å². The third kappa shape index (κ3) is 4.74. The molecule has 0 saturated heterocycles. The second-order valence-electron chi connectivity index (χ2n) is 5.67. The number of nitrogens with one attached hydrogen (secondary N) is 1. The number of carbonyl (C=O) groups is 2. The Morgan fingerprint density at radius 1 is 1.29 bits per heavy atom. The SMILES string of the molecule is C=C1CCC(CNC(=O)c2cccc(CC(=O)O)c2)CC1. The van der Waals surface area contributed by atoms with Crippen molar-refractivity contribution in [1.82, 2.24) is 5.32 Å². The van der Waals surface area contributed by atoms with Crippen molar-refractivity contribution in [3.05, 3.63) is 47.5 Å². The third-order valence-electron chi connectivity index (χ3n) is 3.91. The topological polar surface area (TPSA) is 66.4 Å². The molecule has 1 aromatic carbocycles. The largest absolute Gasteiger partial charge is 0.481 e. The Labute approximate surface area is 124 Å². The van der Waals surface area contributed by atoms with Crippen LogP contribution in [-0.4, -0.2) is 23.5 Å². The Morgan fingerprint density at radius 3 is 2.67 bits per heavy atom. The van der Waals surface area contributed by atoms with E-state index in [1.807, 2.05) is 0 Å². The molecule has 1 saturated carbocycles. The van der Waals surface area contributed by atoms with Gasteiger partial charge in [-0.05, 0) is 49.3 Å². The summed E-state index contributed by atoms with van der Waals surface area (Å²) in [6.45, 7) is 4.67. The van der Waals surface area contributed by atoms with Crippen molar-refractivity contribution < 1.29 is 14.7 Å². The molecule has 1 aliphatic carbocycles. The van der Waals surface area contributed by atoms with E-state index in [-0.39, 0.29) is 12.3 Å². The molecule has 2 rings (SSSR count). The van der Waals surface area contributed by atoms with Crippen LogP contribution in [0.3, 0.4) is 0 Å². The Morgan fingerprint density at radius 2 is 2.00 bits per heavy atom. The first-order valence-electron chi connectivity index (χ1n) is 7.30. The molecule has 0 bridgehead atoms. The highest BCUT2D eigenvalue weighted by atomic mass is 16.4. The minimum absolute atomic E-state index is 0.0636. The van der Waals surface area contributed by atoms with Gasteiger partial charge in [0.1, 0.15) is 0 Å². The van der Waals surface area contributed by atoms with E-state index in [4.69, 9.17) is 5.11 Å². The summed E-state index contributed by atoms with van der Waals surface area (Å²) in [5.74, 6) is -0.511. The second kappa shape index (κ2) is 7.07. The number of allylic oxidation sites excluding steroid dienone is 1. The summed E-state index contributed by atoms with van der Waals surface area (Å²) in [4.78, 5) is 22.8. The number of carbonyl (C=O) groups excluding carboxylic acids is 1. The zero-order chi connectivity index (χ0) is 15.2. The lowest BCUT2D eigenvalue weighted by Crippen LogP contribution is -2.30. The molecule has 0 radical (unpaired) electrons. The summed E-state index contributed by atoms with van der Waals surface area (Å²) >= 11 is 0. The maximum Gasteiger partial charge on any atom is 0.307 e. The standard InChI is InChI=1S/C17H21NO3/c1-12-5-7-13(8-6-12)11-18-17(21)15-4-2-3-14(9-15)10-16(19)20/h2-4,9,13H,1,5-8,10-11H2,(H,18,21)(H,19,20). The molecule has 1 amide bonds. The molecule has 1 aliphatic rings. The van der Waals surface area contributed by atoms with Gasteiger partial charge in [-0.3, -0.25) is 9.59 Å². The van der Waals surface area contributed by atoms with Gasteiger partial charge in [-0.15, -0.1) is 0 Å². The van der Waals surface area contributed by atoms with Crippen molar-refractivity contribution in [2.75, 3.05) is 6.54 Å². The number of hydrogen-bond donors (Lipinski definition) is 2. The van der Waals surface area contributed by atoms with E-state index >= 15 is 0 Å². The van der Waals surface area contributed by atoms with Gasteiger partial charge in [-0.25, -0.2) is 0 Å². The van der Waals surface area contributed by atoms with Crippen molar-refractivity contribution in [3.63, 3.8) is 0 Å². The molecule has 1 aromatic rings. The normalized spacial score (nSPS) is 15.7. The lowest BCUT2D eigenvalue weighted by molar-refractivity contribution is -0.136. The molecule has 1 fully saturated rings. The van der Waals surface area contributed by atoms with Crippen LogP contribution in [-0.2, 0) is 11.2 Å². The van der Waals surface area contributed by atoms with Gasteiger partial charge >= 0.3 is 5.97 Å². The van der Waals surface area contributed by atoms with Gasteiger partial charge in [0, 0.05) is 12.1 Å². The first-order valence-corrected chi connectivity index (χ1v) is 7.30. The predicted molar refractivity (Wildman–Crippen MR) is 81.2 cm³/mol. The van der Waals surface area contributed by atoms with Crippen LogP contribution in [0, 0.1) is 5.92 Å². The van der Waals surface area contributed by atoms with Crippen molar-refractivity contribution in [1.29, 1.82) is 0 Å². The molecule has 0 aromatic heterocycles. The Kier molecular flexibility index (Phi) is 5.14. The molecule has 21 heavy (non-hydrogen) atoms. The maximum atomic E-state index is 12.1. The van der Waals surface area contributed by atoms with E-state index in [9.17, 15) is 9.59 Å². The summed E-state index contributed by atoms with van der Waals surface area (Å²) < 4.78 is 0. The Hall–Kier alpha value is -2.10. The highest BCUT2D eigenvalue weighted by molar-refractivity contribution is 5.94. The van der Waals surface area contributed by atoms with Gasteiger partial charge < -0.3 is 10.4 Å². The number of aliphatic carboxylic acids is 1. The van der Waals surface area contributed by atoms with Crippen molar-refractivity contribution >= 4 is 11.9 Å². The fourth-order valence-electron chi connectivity index (χ4n) is 2.63. The number of hydrogen-bond acceptors (Lipinski definition) is 2. The van der Waals surface area contributed by atoms with Crippen molar-refractivity contribution in [3.8, 4) is 0 Å². The van der Waals surface area contributed by atoms with Crippen molar-refractivity contribution in [2.24, 2.45) is 5.92 Å².